The number of nitrogens with two attached hydrogens (primary N) is 1. The van der Waals surface area contributed by atoms with E-state index in [0.29, 0.717) is 51.8 Å². The summed E-state index contributed by atoms with van der Waals surface area (Å²) in [4.78, 5) is 26.6. The van der Waals surface area contributed by atoms with E-state index in [1.165, 1.54) is 82.7 Å². The minimum absolute atomic E-state index is 0.0127. The molecule has 0 bridgehead atoms. The number of hydrogen-bond acceptors (Lipinski definition) is 12. The van der Waals surface area contributed by atoms with Crippen LogP contribution >= 0.6 is 0 Å². The van der Waals surface area contributed by atoms with Crippen molar-refractivity contribution in [3.63, 3.8) is 0 Å². The zero-order valence-corrected chi connectivity index (χ0v) is 36.3. The van der Waals surface area contributed by atoms with E-state index < -0.39 is 11.9 Å². The molecule has 12 heteroatoms. The molecule has 1 aliphatic carbocycles. The standard InChI is InChI=1S/C47H68N6O6/c1-8-10-12-14-16-18-26-53(27-19-17-15-13-11-9-2)40-24-25-41(37(7)32-40)50-52-43-34-44(56-28-30-58-46(54)35(3)4)42(51-49-39-22-20-38(48)21-23-39)33-45(43)57-29-31-59-47(55)36(5)6/h20-22,24-25,32-34,39H,3,5,8-19,23,26-31,48H2,1-2,4,6-7H3/b51-49+,52-50+. The van der Waals surface area contributed by atoms with Gasteiger partial charge in [-0.3, -0.25) is 0 Å². The van der Waals surface area contributed by atoms with Crippen LogP contribution in [0.1, 0.15) is 117 Å². The summed E-state index contributed by atoms with van der Waals surface area (Å²) < 4.78 is 22.7. The molecule has 0 aliphatic heterocycles. The molecule has 59 heavy (non-hydrogen) atoms. The minimum Gasteiger partial charge on any atom is -0.488 e. The van der Waals surface area contributed by atoms with Crippen molar-refractivity contribution in [1.82, 2.24) is 0 Å². The van der Waals surface area contributed by atoms with Gasteiger partial charge in [0.15, 0.2) is 0 Å². The van der Waals surface area contributed by atoms with Gasteiger partial charge in [-0.15, -0.1) is 5.11 Å². The number of ether oxygens (including phenoxy) is 4. The predicted octanol–water partition coefficient (Wildman–Crippen LogP) is 12.2. The molecule has 0 spiro atoms. The summed E-state index contributed by atoms with van der Waals surface area (Å²) in [5.41, 5.74) is 10.8. The van der Waals surface area contributed by atoms with Crippen molar-refractivity contribution in [3.05, 3.63) is 84.1 Å². The Hall–Kier alpha value is -5.26. The number of carbonyl (C=O) groups excluding carboxylic acids is 2. The highest BCUT2D eigenvalue weighted by Gasteiger charge is 2.16. The van der Waals surface area contributed by atoms with Crippen molar-refractivity contribution >= 4 is 34.7 Å². The molecule has 0 amide bonds. The van der Waals surface area contributed by atoms with Gasteiger partial charge in [0.25, 0.3) is 0 Å². The van der Waals surface area contributed by atoms with Gasteiger partial charge in [0, 0.05) is 47.8 Å². The molecule has 0 saturated heterocycles. The Morgan fingerprint density at radius 1 is 0.712 bits per heavy atom. The van der Waals surface area contributed by atoms with E-state index in [1.54, 1.807) is 32.1 Å². The second-order valence-electron chi connectivity index (χ2n) is 15.1. The maximum absolute atomic E-state index is 12.0. The zero-order chi connectivity index (χ0) is 42.8. The number of azo groups is 2. The van der Waals surface area contributed by atoms with Crippen LogP contribution in [0.15, 0.2) is 99.0 Å². The number of aryl methyl sites for hydroxylation is 1. The van der Waals surface area contributed by atoms with E-state index in [0.717, 1.165) is 18.7 Å². The van der Waals surface area contributed by atoms with Gasteiger partial charge >= 0.3 is 11.9 Å². The average molecular weight is 813 g/mol. The molecule has 1 unspecified atom stereocenters. The number of carbonyl (C=O) groups is 2. The number of esters is 2. The summed E-state index contributed by atoms with van der Waals surface area (Å²) in [6, 6.07) is 9.43. The molecule has 12 nitrogen and oxygen atoms in total. The third-order valence-corrected chi connectivity index (χ3v) is 9.68. The summed E-state index contributed by atoms with van der Waals surface area (Å²) in [6.45, 7) is 19.1. The van der Waals surface area contributed by atoms with Crippen LogP contribution in [0.25, 0.3) is 0 Å². The smallest absolute Gasteiger partial charge is 0.333 e. The van der Waals surface area contributed by atoms with Crippen LogP contribution < -0.4 is 20.1 Å². The minimum atomic E-state index is -0.509. The molecule has 0 radical (unpaired) electrons. The Morgan fingerprint density at radius 2 is 1.22 bits per heavy atom. The van der Waals surface area contributed by atoms with E-state index in [4.69, 9.17) is 24.7 Å². The van der Waals surface area contributed by atoms with Crippen LogP contribution in [-0.4, -0.2) is 57.5 Å². The molecule has 1 aliphatic rings. The molecule has 2 N–H and O–H groups in total. The van der Waals surface area contributed by atoms with E-state index in [2.05, 4.69) is 64.5 Å². The lowest BCUT2D eigenvalue weighted by Gasteiger charge is -2.26. The fourth-order valence-electron chi connectivity index (χ4n) is 6.18. The van der Waals surface area contributed by atoms with Crippen LogP contribution in [0.3, 0.4) is 0 Å². The highest BCUT2D eigenvalue weighted by Crippen LogP contribution is 2.41. The van der Waals surface area contributed by atoms with Crippen LogP contribution in [0.5, 0.6) is 11.5 Å². The van der Waals surface area contributed by atoms with Gasteiger partial charge in [0.2, 0.25) is 0 Å². The first-order chi connectivity index (χ1) is 28.5. The van der Waals surface area contributed by atoms with E-state index in [9.17, 15) is 9.59 Å². The van der Waals surface area contributed by atoms with Crippen LogP contribution in [0, 0.1) is 6.92 Å². The van der Waals surface area contributed by atoms with Gasteiger partial charge < -0.3 is 29.6 Å². The summed E-state index contributed by atoms with van der Waals surface area (Å²) in [7, 11) is 0. The van der Waals surface area contributed by atoms with Gasteiger partial charge in [0.05, 0.1) is 11.7 Å². The van der Waals surface area contributed by atoms with Crippen molar-refractivity contribution < 1.29 is 28.5 Å². The highest BCUT2D eigenvalue weighted by molar-refractivity contribution is 5.87. The van der Waals surface area contributed by atoms with Crippen molar-refractivity contribution in [2.45, 2.75) is 124 Å². The summed E-state index contributed by atoms with van der Waals surface area (Å²) >= 11 is 0. The molecule has 1 atom stereocenters. The Labute approximate surface area is 352 Å². The number of rotatable bonds is 29. The molecule has 0 heterocycles. The van der Waals surface area contributed by atoms with E-state index >= 15 is 0 Å². The maximum atomic E-state index is 12.0. The fraction of sp³-hybridized carbons (Fsp3) is 0.532. The predicted molar refractivity (Wildman–Crippen MR) is 238 cm³/mol. The van der Waals surface area contributed by atoms with Crippen LogP contribution in [-0.2, 0) is 19.1 Å². The number of benzene rings is 2. The second-order valence-corrected chi connectivity index (χ2v) is 15.1. The lowest BCUT2D eigenvalue weighted by molar-refractivity contribution is -0.140. The first-order valence-corrected chi connectivity index (χ1v) is 21.4. The van der Waals surface area contributed by atoms with Gasteiger partial charge in [-0.1, -0.05) is 103 Å². The van der Waals surface area contributed by atoms with E-state index in [1.807, 2.05) is 25.1 Å². The number of allylic oxidation sites excluding steroid dienone is 1. The molecule has 0 fully saturated rings. The van der Waals surface area contributed by atoms with Crippen molar-refractivity contribution in [1.29, 1.82) is 0 Å². The van der Waals surface area contributed by atoms with Crippen molar-refractivity contribution in [3.8, 4) is 11.5 Å². The number of anilines is 1. The van der Waals surface area contributed by atoms with Crippen LogP contribution in [0.4, 0.5) is 22.7 Å². The Bertz CT molecular complexity index is 1770. The van der Waals surface area contributed by atoms with Gasteiger partial charge in [0.1, 0.15) is 49.3 Å². The number of nitrogens with zero attached hydrogens (tertiary/aromatic N) is 5. The number of hydrogen-bond donors (Lipinski definition) is 1. The normalized spacial score (nSPS) is 13.7. The number of unbranched alkanes of at least 4 members (excludes halogenated alkanes) is 10. The third kappa shape index (κ3) is 18.5. The molecule has 322 valence electrons. The first-order valence-electron chi connectivity index (χ1n) is 21.4. The van der Waals surface area contributed by atoms with E-state index in [-0.39, 0.29) is 32.5 Å². The highest BCUT2D eigenvalue weighted by atomic mass is 16.6. The van der Waals surface area contributed by atoms with Gasteiger partial charge in [-0.25, -0.2) is 9.59 Å². The third-order valence-electron chi connectivity index (χ3n) is 9.68. The molecule has 3 rings (SSSR count). The van der Waals surface area contributed by atoms with Crippen molar-refractivity contribution in [2.75, 3.05) is 44.4 Å². The molecule has 0 aromatic heterocycles. The van der Waals surface area contributed by atoms with Crippen molar-refractivity contribution in [2.24, 2.45) is 26.2 Å². The first kappa shape index (κ1) is 48.1. The molecular formula is C47H68N6O6. The Kier molecular flexibility index (Phi) is 22.4. The molecular weight excluding hydrogens is 745 g/mol. The zero-order valence-electron chi connectivity index (χ0n) is 36.3. The largest absolute Gasteiger partial charge is 0.488 e. The van der Waals surface area contributed by atoms with Crippen LogP contribution in [0.2, 0.25) is 0 Å². The lowest BCUT2D eigenvalue weighted by atomic mass is 10.1. The molecule has 2 aromatic rings. The summed E-state index contributed by atoms with van der Waals surface area (Å²) in [6.07, 6.45) is 21.3. The fourth-order valence-corrected chi connectivity index (χ4v) is 6.18. The van der Waals surface area contributed by atoms with Gasteiger partial charge in [-0.05, 0) is 69.9 Å². The summed E-state index contributed by atoms with van der Waals surface area (Å²) in [5, 5.41) is 18.3. The summed E-state index contributed by atoms with van der Waals surface area (Å²) in [5.74, 6) is -0.357. The average Bonchev–Trinajstić information content (AvgIpc) is 3.22. The quantitative estimate of drug-likeness (QED) is 0.0369. The van der Waals surface area contributed by atoms with Gasteiger partial charge in [-0.2, -0.15) is 15.3 Å². The monoisotopic (exact) mass is 813 g/mol. The Balaban J connectivity index is 1.92. The lowest BCUT2D eigenvalue weighted by Crippen LogP contribution is -2.25. The maximum Gasteiger partial charge on any atom is 0.333 e. The molecule has 2 aromatic carbocycles. The molecule has 0 saturated carbocycles. The topological polar surface area (TPSA) is 150 Å². The SMILES string of the molecule is C=C(C)C(=O)OCCOc1cc(/N=N/C2C=CC(N)=CC2)c(OCCOC(=O)C(=C)C)cc1/N=N/c1ccc(N(CCCCCCCC)CCCCCCCC)cc1C. The second kappa shape index (κ2) is 27.4. The Morgan fingerprint density at radius 3 is 1.71 bits per heavy atom.